The highest BCUT2D eigenvalue weighted by molar-refractivity contribution is 6.34. The van der Waals surface area contributed by atoms with Gasteiger partial charge in [0.25, 0.3) is 0 Å². The zero-order valence-corrected chi connectivity index (χ0v) is 28.0. The molecular weight excluding hydrogens is 631 g/mol. The van der Waals surface area contributed by atoms with Crippen LogP contribution >= 0.6 is 23.2 Å². The van der Waals surface area contributed by atoms with Gasteiger partial charge in [-0.25, -0.2) is 9.78 Å². The van der Waals surface area contributed by atoms with Gasteiger partial charge < -0.3 is 33.8 Å². The largest absolute Gasteiger partial charge is 0.481 e. The van der Waals surface area contributed by atoms with E-state index < -0.39 is 11.4 Å². The summed E-state index contributed by atoms with van der Waals surface area (Å²) in [5, 5.41) is 10.8. The molecule has 1 N–H and O–H groups in total. The number of methoxy groups -OCH3 is 1. The van der Waals surface area contributed by atoms with Gasteiger partial charge in [0, 0.05) is 43.3 Å². The average Bonchev–Trinajstić information content (AvgIpc) is 3.49. The van der Waals surface area contributed by atoms with Crippen molar-refractivity contribution in [2.24, 2.45) is 0 Å². The van der Waals surface area contributed by atoms with E-state index in [0.717, 1.165) is 38.3 Å². The van der Waals surface area contributed by atoms with Gasteiger partial charge >= 0.3 is 5.97 Å². The maximum atomic E-state index is 13.3. The molecule has 13 heteroatoms. The van der Waals surface area contributed by atoms with Crippen molar-refractivity contribution in [3.63, 3.8) is 0 Å². The van der Waals surface area contributed by atoms with Crippen molar-refractivity contribution >= 4 is 51.6 Å². The third kappa shape index (κ3) is 6.58. The number of anilines is 2. The molecule has 0 amide bonds. The van der Waals surface area contributed by atoms with Crippen LogP contribution in [0.4, 0.5) is 11.5 Å². The number of hydrogen-bond acceptors (Lipinski definition) is 9. The van der Waals surface area contributed by atoms with Crippen molar-refractivity contribution in [1.29, 1.82) is 0 Å². The fourth-order valence-electron chi connectivity index (χ4n) is 5.72. The van der Waals surface area contributed by atoms with Crippen LogP contribution in [0.25, 0.3) is 16.6 Å². The van der Waals surface area contributed by atoms with Crippen LogP contribution in [0, 0.1) is 0 Å². The first-order chi connectivity index (χ1) is 22.1. The minimum absolute atomic E-state index is 0.0454. The lowest BCUT2D eigenvalue weighted by molar-refractivity contribution is 0.0695. The van der Waals surface area contributed by atoms with Gasteiger partial charge in [0.15, 0.2) is 0 Å². The van der Waals surface area contributed by atoms with Crippen LogP contribution in [-0.2, 0) is 0 Å². The van der Waals surface area contributed by atoms with Gasteiger partial charge in [0.1, 0.15) is 23.0 Å². The van der Waals surface area contributed by atoms with Crippen molar-refractivity contribution < 1.29 is 19.4 Å². The average molecular weight is 670 g/mol. The number of carboxylic acids is 1. The summed E-state index contributed by atoms with van der Waals surface area (Å²) in [5.74, 6) is 0.204. The van der Waals surface area contributed by atoms with Gasteiger partial charge in [-0.3, -0.25) is 4.79 Å². The highest BCUT2D eigenvalue weighted by Gasteiger charge is 2.30. The second-order valence-electron chi connectivity index (χ2n) is 11.2. The fourth-order valence-corrected chi connectivity index (χ4v) is 6.15. The summed E-state index contributed by atoms with van der Waals surface area (Å²) in [5.41, 5.74) is 0.911. The smallest absolute Gasteiger partial charge is 0.341 e. The highest BCUT2D eigenvalue weighted by atomic mass is 35.5. The second-order valence-corrected chi connectivity index (χ2v) is 12.0. The van der Waals surface area contributed by atoms with Crippen LogP contribution in [0.2, 0.25) is 10.0 Å². The first-order valence-electron chi connectivity index (χ1n) is 15.2. The SMILES string of the molecule is CC.COc1ccc(Cl)c(OC[C@H]2CCCN2c2cc3c(cc2Cl)c(=O)c(C(=O)O)cn3-c2ccc(N3CC(N(C)C)C3)nc2)n1. The third-order valence-corrected chi connectivity index (χ3v) is 8.92. The Morgan fingerprint density at radius 1 is 1.11 bits per heavy atom. The number of pyridine rings is 3. The van der Waals surface area contributed by atoms with Gasteiger partial charge in [-0.05, 0) is 57.3 Å². The molecule has 2 aliphatic heterocycles. The van der Waals surface area contributed by atoms with Gasteiger partial charge in [-0.1, -0.05) is 37.0 Å². The van der Waals surface area contributed by atoms with E-state index in [1.807, 2.05) is 32.0 Å². The number of nitrogens with zero attached hydrogens (tertiary/aromatic N) is 6. The number of hydrogen-bond donors (Lipinski definition) is 1. The summed E-state index contributed by atoms with van der Waals surface area (Å²) in [4.78, 5) is 40.8. The molecule has 2 saturated heterocycles. The van der Waals surface area contributed by atoms with E-state index in [1.165, 1.54) is 13.3 Å². The Morgan fingerprint density at radius 2 is 1.87 bits per heavy atom. The Hall–Kier alpha value is -4.06. The minimum Gasteiger partial charge on any atom is -0.481 e. The summed E-state index contributed by atoms with van der Waals surface area (Å²) < 4.78 is 12.9. The number of fused-ring (bicyclic) bond motifs is 1. The number of ether oxygens (including phenoxy) is 2. The van der Waals surface area contributed by atoms with E-state index in [4.69, 9.17) is 32.7 Å². The molecule has 1 aromatic carbocycles. The summed E-state index contributed by atoms with van der Waals surface area (Å²) in [6.45, 7) is 6.78. The zero-order valence-electron chi connectivity index (χ0n) is 26.5. The first kappa shape index (κ1) is 33.3. The fraction of sp³-hybridized carbons (Fsp3) is 0.394. The van der Waals surface area contributed by atoms with Crippen LogP contribution in [0.15, 0.2) is 53.6 Å². The van der Waals surface area contributed by atoms with Crippen LogP contribution in [-0.4, -0.2) is 90.0 Å². The highest BCUT2D eigenvalue weighted by Crippen LogP contribution is 2.36. The molecule has 0 radical (unpaired) electrons. The van der Waals surface area contributed by atoms with Gasteiger partial charge in [-0.15, -0.1) is 0 Å². The quantitative estimate of drug-likeness (QED) is 0.241. The zero-order chi connectivity index (χ0) is 33.1. The molecular formula is C33H38Cl2N6O5. The van der Waals surface area contributed by atoms with Crippen LogP contribution < -0.4 is 24.7 Å². The number of rotatable bonds is 9. The molecule has 0 aliphatic carbocycles. The van der Waals surface area contributed by atoms with Crippen LogP contribution in [0.1, 0.15) is 37.0 Å². The van der Waals surface area contributed by atoms with Crippen LogP contribution in [0.3, 0.4) is 0 Å². The molecule has 0 bridgehead atoms. The van der Waals surface area contributed by atoms with E-state index in [2.05, 4.69) is 38.8 Å². The Kier molecular flexibility index (Phi) is 10.2. The van der Waals surface area contributed by atoms with Crippen molar-refractivity contribution in [3.8, 4) is 17.4 Å². The molecule has 1 atom stereocenters. The maximum absolute atomic E-state index is 13.3. The summed E-state index contributed by atoms with van der Waals surface area (Å²) in [7, 11) is 5.65. The molecule has 6 rings (SSSR count). The molecule has 2 aliphatic rings. The number of likely N-dealkylation sites (N-methyl/N-ethyl adjacent to an activating group) is 1. The van der Waals surface area contributed by atoms with E-state index in [9.17, 15) is 14.7 Å². The Bertz CT molecular complexity index is 1780. The number of aromatic nitrogens is 3. The molecule has 4 aromatic rings. The topological polar surface area (TPSA) is 113 Å². The van der Waals surface area contributed by atoms with E-state index in [0.29, 0.717) is 45.5 Å². The lowest BCUT2D eigenvalue weighted by Gasteiger charge is -2.43. The molecule has 2 fully saturated rings. The predicted octanol–water partition coefficient (Wildman–Crippen LogP) is 5.62. The Balaban J connectivity index is 0.00000204. The van der Waals surface area contributed by atoms with Gasteiger partial charge in [0.2, 0.25) is 17.2 Å². The van der Waals surface area contributed by atoms with Gasteiger partial charge in [-0.2, -0.15) is 4.98 Å². The van der Waals surface area contributed by atoms with E-state index >= 15 is 0 Å². The van der Waals surface area contributed by atoms with E-state index in [1.54, 1.807) is 29.0 Å². The second kappa shape index (κ2) is 14.1. The van der Waals surface area contributed by atoms with Crippen molar-refractivity contribution in [1.82, 2.24) is 19.4 Å². The third-order valence-electron chi connectivity index (χ3n) is 8.33. The predicted molar refractivity (Wildman–Crippen MR) is 182 cm³/mol. The normalized spacial score (nSPS) is 16.3. The standard InChI is InChI=1S/C31H32Cl2N6O5.C2H6/c1-36(2)20-14-37(15-20)27-8-6-18(13-34-27)39-16-22(31(41)42)29(40)21-11-24(33)26(12-25(21)39)38-10-4-5-19(38)17-44-30-23(32)7-9-28(35-30)43-3;1-2/h6-9,11-13,16,19-20H,4-5,10,14-15,17H2,1-3H3,(H,41,42);1-2H3/t19-;/m1./s1. The molecule has 46 heavy (non-hydrogen) atoms. The minimum atomic E-state index is -1.31. The number of aromatic carboxylic acids is 1. The van der Waals surface area contributed by atoms with Crippen molar-refractivity contribution in [3.05, 3.63) is 74.6 Å². The van der Waals surface area contributed by atoms with Gasteiger partial charge in [0.05, 0.1) is 41.3 Å². The molecule has 11 nitrogen and oxygen atoms in total. The number of carbonyl (C=O) groups is 1. The molecule has 244 valence electrons. The monoisotopic (exact) mass is 668 g/mol. The Morgan fingerprint density at radius 3 is 2.52 bits per heavy atom. The molecule has 0 unspecified atom stereocenters. The molecule has 0 saturated carbocycles. The summed E-state index contributed by atoms with van der Waals surface area (Å²) >= 11 is 13.1. The van der Waals surface area contributed by atoms with Crippen molar-refractivity contribution in [2.45, 2.75) is 38.8 Å². The maximum Gasteiger partial charge on any atom is 0.341 e. The molecule has 5 heterocycles. The lowest BCUT2D eigenvalue weighted by atomic mass is 10.1. The summed E-state index contributed by atoms with van der Waals surface area (Å²) in [6.07, 6.45) is 4.80. The van der Waals surface area contributed by atoms with Crippen molar-refractivity contribution in [2.75, 3.05) is 57.2 Å². The van der Waals surface area contributed by atoms with Crippen LogP contribution in [0.5, 0.6) is 11.8 Å². The first-order valence-corrected chi connectivity index (χ1v) is 16.0. The number of benzene rings is 1. The van der Waals surface area contributed by atoms with E-state index in [-0.39, 0.29) is 22.9 Å². The number of carboxylic acid groups (broad SMARTS) is 1. The number of halogens is 2. The Labute approximate surface area is 277 Å². The lowest BCUT2D eigenvalue weighted by Crippen LogP contribution is -2.57. The molecule has 0 spiro atoms. The molecule has 3 aromatic heterocycles. The summed E-state index contributed by atoms with van der Waals surface area (Å²) in [6, 6.07) is 10.9.